The van der Waals surface area contributed by atoms with Crippen molar-refractivity contribution in [2.45, 2.75) is 44.8 Å². The van der Waals surface area contributed by atoms with Crippen molar-refractivity contribution in [3.05, 3.63) is 28.6 Å². The van der Waals surface area contributed by atoms with Crippen LogP contribution in [0.5, 0.6) is 0 Å². The van der Waals surface area contributed by atoms with Gasteiger partial charge in [-0.3, -0.25) is 4.79 Å². The first kappa shape index (κ1) is 15.8. The Morgan fingerprint density at radius 2 is 2.29 bits per heavy atom. The number of H-pyrrole nitrogens is 1. The summed E-state index contributed by atoms with van der Waals surface area (Å²) in [6.07, 6.45) is 4.79. The van der Waals surface area contributed by atoms with Crippen LogP contribution in [0, 0.1) is 10.3 Å². The molecule has 1 heterocycles. The first-order valence-corrected chi connectivity index (χ1v) is 8.97. The quantitative estimate of drug-likeness (QED) is 0.853. The van der Waals surface area contributed by atoms with Gasteiger partial charge in [0.25, 0.3) is 10.7 Å². The maximum absolute atomic E-state index is 12.9. The van der Waals surface area contributed by atoms with Crippen molar-refractivity contribution in [2.75, 3.05) is 13.7 Å². The maximum Gasteiger partial charge on any atom is 0.266 e. The first-order chi connectivity index (χ1) is 11.5. The summed E-state index contributed by atoms with van der Waals surface area (Å²) in [6, 6.07) is 5.71. The van der Waals surface area contributed by atoms with Gasteiger partial charge >= 0.3 is 0 Å². The van der Waals surface area contributed by atoms with Crippen molar-refractivity contribution in [2.24, 2.45) is 5.41 Å². The minimum atomic E-state index is 0.0328. The monoisotopic (exact) mass is 346 g/mol. The second-order valence-corrected chi connectivity index (χ2v) is 7.29. The number of nitrogens with one attached hydrogen (secondary N) is 1. The highest BCUT2D eigenvalue weighted by molar-refractivity contribution is 7.71. The third kappa shape index (κ3) is 2.24. The fourth-order valence-corrected chi connectivity index (χ4v) is 4.57. The molecule has 1 amide bonds. The Hall–Kier alpha value is -1.66. The summed E-state index contributed by atoms with van der Waals surface area (Å²) >= 11 is 5.00. The normalized spacial score (nSPS) is 24.6. The molecule has 1 aromatic heterocycles. The van der Waals surface area contributed by atoms with E-state index >= 15 is 0 Å². The molecule has 1 N–H and O–H groups in total. The lowest BCUT2D eigenvalue weighted by atomic mass is 9.50. The highest BCUT2D eigenvalue weighted by Gasteiger charge is 2.60. The molecule has 1 spiro atoms. The molecule has 0 bridgehead atoms. The van der Waals surface area contributed by atoms with Gasteiger partial charge < -0.3 is 19.0 Å². The van der Waals surface area contributed by atoms with Crippen LogP contribution in [-0.4, -0.2) is 41.6 Å². The number of amides is 1. The van der Waals surface area contributed by atoms with Crippen molar-refractivity contribution in [3.8, 4) is 0 Å². The van der Waals surface area contributed by atoms with Gasteiger partial charge in [-0.2, -0.15) is 0 Å². The first-order valence-electron chi connectivity index (χ1n) is 8.57. The van der Waals surface area contributed by atoms with Gasteiger partial charge in [0.15, 0.2) is 5.58 Å². The molecule has 0 unspecified atom stereocenters. The van der Waals surface area contributed by atoms with Gasteiger partial charge in [-0.15, -0.1) is 0 Å². The smallest absolute Gasteiger partial charge is 0.266 e. The molecule has 0 radical (unpaired) electrons. The van der Waals surface area contributed by atoms with E-state index in [0.717, 1.165) is 31.4 Å². The molecule has 2 fully saturated rings. The number of nitrogens with zero attached hydrogens (tertiary/aromatic N) is 1. The largest absolute Gasteiger partial charge is 0.429 e. The van der Waals surface area contributed by atoms with Gasteiger partial charge in [0.05, 0.1) is 11.6 Å². The lowest BCUT2D eigenvalue weighted by Gasteiger charge is -2.63. The van der Waals surface area contributed by atoms with Crippen molar-refractivity contribution < 1.29 is 13.9 Å². The molecule has 2 aliphatic carbocycles. The third-order valence-corrected chi connectivity index (χ3v) is 6.04. The van der Waals surface area contributed by atoms with Crippen molar-refractivity contribution in [1.82, 2.24) is 9.88 Å². The maximum atomic E-state index is 12.9. The standard InChI is InChI=1S/C18H22N2O3S/c1-3-22-15-10-14(18(15)7-4-8-18)20(2)16(21)11-5-6-12-13(9-11)23-17(24)19-12/h5-6,9,14-15H,3-4,7-8,10H2,1-2H3,(H,19,24)/t14-,15+/m0/s1. The molecule has 2 aromatic rings. The number of hydrogen-bond donors (Lipinski definition) is 1. The zero-order valence-corrected chi connectivity index (χ0v) is 14.8. The average Bonchev–Trinajstić information content (AvgIpc) is 2.87. The fourth-order valence-electron chi connectivity index (χ4n) is 4.37. The number of hydrogen-bond acceptors (Lipinski definition) is 4. The minimum Gasteiger partial charge on any atom is -0.429 e. The summed E-state index contributed by atoms with van der Waals surface area (Å²) in [5.41, 5.74) is 2.25. The lowest BCUT2D eigenvalue weighted by molar-refractivity contribution is -0.192. The van der Waals surface area contributed by atoms with Crippen LogP contribution < -0.4 is 0 Å². The van der Waals surface area contributed by atoms with E-state index in [1.165, 1.54) is 6.42 Å². The van der Waals surface area contributed by atoms with Crippen LogP contribution in [0.3, 0.4) is 0 Å². The van der Waals surface area contributed by atoms with Crippen LogP contribution >= 0.6 is 12.2 Å². The average molecular weight is 346 g/mol. The summed E-state index contributed by atoms with van der Waals surface area (Å²) in [5.74, 6) is 0.0328. The Labute approximate surface area is 146 Å². The Morgan fingerprint density at radius 3 is 2.96 bits per heavy atom. The van der Waals surface area contributed by atoms with Crippen LogP contribution in [0.15, 0.2) is 22.6 Å². The molecule has 6 heteroatoms. The predicted octanol–water partition coefficient (Wildman–Crippen LogP) is 3.91. The van der Waals surface area contributed by atoms with Gasteiger partial charge in [0, 0.05) is 30.7 Å². The number of carbonyl (C=O) groups excluding carboxylic acids is 1. The molecule has 2 atom stereocenters. The van der Waals surface area contributed by atoms with Gasteiger partial charge in [0.1, 0.15) is 0 Å². The highest BCUT2D eigenvalue weighted by atomic mass is 32.1. The van der Waals surface area contributed by atoms with Gasteiger partial charge in [-0.05, 0) is 56.6 Å². The number of aromatic nitrogens is 1. The number of oxazole rings is 1. The fraction of sp³-hybridized carbons (Fsp3) is 0.556. The predicted molar refractivity (Wildman–Crippen MR) is 93.6 cm³/mol. The molecule has 2 saturated carbocycles. The van der Waals surface area contributed by atoms with E-state index in [2.05, 4.69) is 4.98 Å². The van der Waals surface area contributed by atoms with Crippen molar-refractivity contribution >= 4 is 29.2 Å². The topological polar surface area (TPSA) is 58.5 Å². The number of aromatic amines is 1. The Kier molecular flexibility index (Phi) is 3.77. The van der Waals surface area contributed by atoms with Crippen LogP contribution in [0.2, 0.25) is 0 Å². The summed E-state index contributed by atoms with van der Waals surface area (Å²) in [7, 11) is 1.91. The highest BCUT2D eigenvalue weighted by Crippen LogP contribution is 2.59. The van der Waals surface area contributed by atoms with Gasteiger partial charge in [-0.25, -0.2) is 0 Å². The number of ether oxygens (including phenoxy) is 1. The Bertz CT molecular complexity index is 836. The SMILES string of the molecule is CCO[C@@H]1C[C@H](N(C)C(=O)c2ccc3[nH]c(=S)oc3c2)C12CCC2. The zero-order valence-electron chi connectivity index (χ0n) is 14.0. The summed E-state index contributed by atoms with van der Waals surface area (Å²) in [5, 5.41) is 0. The molecule has 4 rings (SSSR count). The number of carbonyl (C=O) groups is 1. The second-order valence-electron chi connectivity index (χ2n) is 6.92. The van der Waals surface area contributed by atoms with Crippen molar-refractivity contribution in [3.63, 3.8) is 0 Å². The van der Waals surface area contributed by atoms with E-state index < -0.39 is 0 Å². The molecule has 24 heavy (non-hydrogen) atoms. The summed E-state index contributed by atoms with van der Waals surface area (Å²) < 4.78 is 11.3. The van der Waals surface area contributed by atoms with Crippen LogP contribution in [0.4, 0.5) is 0 Å². The molecular weight excluding hydrogens is 324 g/mol. The van der Waals surface area contributed by atoms with E-state index in [9.17, 15) is 4.79 Å². The number of rotatable bonds is 4. The van der Waals surface area contributed by atoms with E-state index in [4.69, 9.17) is 21.4 Å². The van der Waals surface area contributed by atoms with E-state index in [0.29, 0.717) is 22.1 Å². The summed E-state index contributed by atoms with van der Waals surface area (Å²) in [6.45, 7) is 2.78. The third-order valence-electron chi connectivity index (χ3n) is 5.85. The van der Waals surface area contributed by atoms with Crippen molar-refractivity contribution in [1.29, 1.82) is 0 Å². The summed E-state index contributed by atoms with van der Waals surface area (Å²) in [4.78, 5) is 18.1. The number of benzene rings is 1. The van der Waals surface area contributed by atoms with Crippen LogP contribution in [0.25, 0.3) is 11.1 Å². The lowest BCUT2D eigenvalue weighted by Crippen LogP contribution is -2.67. The molecule has 0 aliphatic heterocycles. The van der Waals surface area contributed by atoms with Crippen LogP contribution in [0.1, 0.15) is 43.0 Å². The minimum absolute atomic E-state index is 0.0328. The van der Waals surface area contributed by atoms with E-state index in [-0.39, 0.29) is 17.4 Å². The molecule has 5 nitrogen and oxygen atoms in total. The van der Waals surface area contributed by atoms with E-state index in [1.54, 1.807) is 6.07 Å². The number of fused-ring (bicyclic) bond motifs is 1. The van der Waals surface area contributed by atoms with Gasteiger partial charge in [0.2, 0.25) is 0 Å². The van der Waals surface area contributed by atoms with E-state index in [1.807, 2.05) is 31.0 Å². The van der Waals surface area contributed by atoms with Crippen LogP contribution in [-0.2, 0) is 4.74 Å². The Morgan fingerprint density at radius 1 is 1.50 bits per heavy atom. The second kappa shape index (κ2) is 5.70. The Balaban J connectivity index is 1.56. The molecule has 0 saturated heterocycles. The molecule has 1 aromatic carbocycles. The molecular formula is C18H22N2O3S. The molecule has 2 aliphatic rings. The van der Waals surface area contributed by atoms with Gasteiger partial charge in [-0.1, -0.05) is 6.42 Å². The molecule has 128 valence electrons. The zero-order chi connectivity index (χ0) is 16.9.